The molecule has 0 radical (unpaired) electrons. The first-order valence-corrected chi connectivity index (χ1v) is 10.0. The number of hydrogen-bond acceptors (Lipinski definition) is 4. The van der Waals surface area contributed by atoms with E-state index in [-0.39, 0.29) is 11.9 Å². The van der Waals surface area contributed by atoms with Crippen molar-refractivity contribution in [2.75, 3.05) is 11.9 Å². The monoisotopic (exact) mass is 365 g/mol. The number of pyridine rings is 1. The van der Waals surface area contributed by atoms with Crippen molar-refractivity contribution in [1.82, 2.24) is 9.88 Å². The smallest absolute Gasteiger partial charge is 0.241 e. The van der Waals surface area contributed by atoms with Crippen molar-refractivity contribution in [3.8, 4) is 11.5 Å². The highest BCUT2D eigenvalue weighted by molar-refractivity contribution is 5.96. The summed E-state index contributed by atoms with van der Waals surface area (Å²) in [4.78, 5) is 19.6. The molecule has 2 fully saturated rings. The molecule has 1 N–H and O–H groups in total. The highest BCUT2D eigenvalue weighted by atomic mass is 16.5. The summed E-state index contributed by atoms with van der Waals surface area (Å²) in [5.74, 6) is 1.38. The quantitative estimate of drug-likeness (QED) is 0.841. The number of likely N-dealkylation sites (tertiary alicyclic amines) is 1. The second-order valence-corrected chi connectivity index (χ2v) is 7.46. The number of rotatable bonds is 5. The zero-order valence-electron chi connectivity index (χ0n) is 15.6. The lowest BCUT2D eigenvalue weighted by atomic mass is 9.93. The van der Waals surface area contributed by atoms with Gasteiger partial charge >= 0.3 is 0 Å². The molecule has 1 atom stereocenters. The van der Waals surface area contributed by atoms with Gasteiger partial charge in [-0.15, -0.1) is 0 Å². The van der Waals surface area contributed by atoms with Gasteiger partial charge in [-0.3, -0.25) is 14.7 Å². The summed E-state index contributed by atoms with van der Waals surface area (Å²) in [7, 11) is 0. The Kier molecular flexibility index (Phi) is 5.68. The molecule has 1 aliphatic heterocycles. The third kappa shape index (κ3) is 4.30. The molecule has 1 aromatic carbocycles. The van der Waals surface area contributed by atoms with Gasteiger partial charge in [-0.05, 0) is 56.5 Å². The molecule has 0 bridgehead atoms. The number of para-hydroxylation sites is 2. The molecular weight excluding hydrogens is 338 g/mol. The zero-order valence-corrected chi connectivity index (χ0v) is 15.6. The van der Waals surface area contributed by atoms with Crippen LogP contribution in [0.5, 0.6) is 11.5 Å². The van der Waals surface area contributed by atoms with Crippen LogP contribution in [-0.2, 0) is 4.79 Å². The summed E-state index contributed by atoms with van der Waals surface area (Å²) in [6, 6.07) is 11.8. The largest absolute Gasteiger partial charge is 0.454 e. The lowest BCUT2D eigenvalue weighted by Gasteiger charge is -2.34. The van der Waals surface area contributed by atoms with Crippen LogP contribution in [0.15, 0.2) is 48.8 Å². The Morgan fingerprint density at radius 1 is 1.04 bits per heavy atom. The SMILES string of the molecule is O=C(Nc1ccccc1Oc1cccnc1)[C@@H]1CCCN1C1CCCCC1. The third-order valence-corrected chi connectivity index (χ3v) is 5.65. The predicted octanol–water partition coefficient (Wildman–Crippen LogP) is 4.61. The minimum Gasteiger partial charge on any atom is -0.454 e. The minimum atomic E-state index is -0.0282. The first-order valence-electron chi connectivity index (χ1n) is 10.0. The summed E-state index contributed by atoms with van der Waals surface area (Å²) >= 11 is 0. The molecule has 2 heterocycles. The Balaban J connectivity index is 1.46. The number of anilines is 1. The average Bonchev–Trinajstić information content (AvgIpc) is 3.21. The van der Waals surface area contributed by atoms with E-state index < -0.39 is 0 Å². The fourth-order valence-electron chi connectivity index (χ4n) is 4.33. The molecule has 5 nitrogen and oxygen atoms in total. The molecule has 0 unspecified atom stereocenters. The lowest BCUT2D eigenvalue weighted by molar-refractivity contribution is -0.121. The second-order valence-electron chi connectivity index (χ2n) is 7.46. The number of ether oxygens (including phenoxy) is 1. The van der Waals surface area contributed by atoms with Gasteiger partial charge in [0.15, 0.2) is 5.75 Å². The van der Waals surface area contributed by atoms with Crippen LogP contribution in [0.1, 0.15) is 44.9 Å². The van der Waals surface area contributed by atoms with Crippen LogP contribution in [0.4, 0.5) is 5.69 Å². The Morgan fingerprint density at radius 2 is 1.89 bits per heavy atom. The molecule has 2 aliphatic rings. The van der Waals surface area contributed by atoms with Crippen LogP contribution in [0, 0.1) is 0 Å². The molecule has 0 spiro atoms. The van der Waals surface area contributed by atoms with E-state index >= 15 is 0 Å². The standard InChI is InChI=1S/C22H27N3O2/c26-22(20-12-7-15-25(20)17-8-2-1-3-9-17)24-19-11-4-5-13-21(19)27-18-10-6-14-23-16-18/h4-6,10-11,13-14,16-17,20H,1-3,7-9,12,15H2,(H,24,26)/t20-/m0/s1. The Bertz CT molecular complexity index is 759. The van der Waals surface area contributed by atoms with Crippen LogP contribution in [0.25, 0.3) is 0 Å². The first kappa shape index (κ1) is 18.0. The van der Waals surface area contributed by atoms with Crippen LogP contribution in [0.3, 0.4) is 0 Å². The van der Waals surface area contributed by atoms with E-state index in [4.69, 9.17) is 4.74 Å². The first-order chi connectivity index (χ1) is 13.3. The summed E-state index contributed by atoms with van der Waals surface area (Å²) in [6.45, 7) is 1.04. The van der Waals surface area contributed by atoms with E-state index in [0.29, 0.717) is 23.2 Å². The van der Waals surface area contributed by atoms with Crippen molar-refractivity contribution in [3.05, 3.63) is 48.8 Å². The van der Waals surface area contributed by atoms with Gasteiger partial charge in [-0.1, -0.05) is 31.4 Å². The molecular formula is C22H27N3O2. The molecule has 1 saturated heterocycles. The van der Waals surface area contributed by atoms with Gasteiger partial charge in [0.1, 0.15) is 5.75 Å². The maximum atomic E-state index is 13.1. The Morgan fingerprint density at radius 3 is 2.70 bits per heavy atom. The van der Waals surface area contributed by atoms with E-state index in [1.165, 1.54) is 32.1 Å². The van der Waals surface area contributed by atoms with Crippen LogP contribution >= 0.6 is 0 Å². The number of benzene rings is 1. The predicted molar refractivity (Wildman–Crippen MR) is 106 cm³/mol. The average molecular weight is 365 g/mol. The molecule has 1 amide bonds. The molecule has 142 valence electrons. The van der Waals surface area contributed by atoms with Crippen molar-refractivity contribution in [2.45, 2.75) is 57.0 Å². The normalized spacial score (nSPS) is 21.1. The Labute approximate surface area is 160 Å². The number of nitrogens with zero attached hydrogens (tertiary/aromatic N) is 2. The molecule has 27 heavy (non-hydrogen) atoms. The van der Waals surface area contributed by atoms with E-state index in [2.05, 4.69) is 15.2 Å². The lowest BCUT2D eigenvalue weighted by Crippen LogP contribution is -2.46. The van der Waals surface area contributed by atoms with Crippen LogP contribution in [0.2, 0.25) is 0 Å². The van der Waals surface area contributed by atoms with Crippen molar-refractivity contribution in [2.24, 2.45) is 0 Å². The highest BCUT2D eigenvalue weighted by Gasteiger charge is 2.35. The van der Waals surface area contributed by atoms with E-state index in [9.17, 15) is 4.79 Å². The molecule has 5 heteroatoms. The number of amides is 1. The summed E-state index contributed by atoms with van der Waals surface area (Å²) in [6.07, 6.45) is 11.8. The van der Waals surface area contributed by atoms with Gasteiger partial charge in [0.2, 0.25) is 5.91 Å². The number of aromatic nitrogens is 1. The number of carbonyl (C=O) groups is 1. The van der Waals surface area contributed by atoms with Gasteiger partial charge in [-0.25, -0.2) is 0 Å². The second kappa shape index (κ2) is 8.53. The van der Waals surface area contributed by atoms with Crippen molar-refractivity contribution in [3.63, 3.8) is 0 Å². The third-order valence-electron chi connectivity index (χ3n) is 5.65. The number of hydrogen-bond donors (Lipinski definition) is 1. The molecule has 4 rings (SSSR count). The fraction of sp³-hybridized carbons (Fsp3) is 0.455. The van der Waals surface area contributed by atoms with E-state index in [1.807, 2.05) is 36.4 Å². The number of nitrogens with one attached hydrogen (secondary N) is 1. The van der Waals surface area contributed by atoms with Crippen molar-refractivity contribution < 1.29 is 9.53 Å². The molecule has 2 aromatic rings. The van der Waals surface area contributed by atoms with Gasteiger partial charge in [0.25, 0.3) is 0 Å². The topological polar surface area (TPSA) is 54.5 Å². The zero-order chi connectivity index (χ0) is 18.5. The highest BCUT2D eigenvalue weighted by Crippen LogP contribution is 2.32. The van der Waals surface area contributed by atoms with E-state index in [1.54, 1.807) is 12.4 Å². The summed E-state index contributed by atoms with van der Waals surface area (Å²) < 4.78 is 5.93. The molecule has 1 aliphatic carbocycles. The van der Waals surface area contributed by atoms with Crippen molar-refractivity contribution >= 4 is 11.6 Å². The van der Waals surface area contributed by atoms with Gasteiger partial charge < -0.3 is 10.1 Å². The van der Waals surface area contributed by atoms with E-state index in [0.717, 1.165) is 19.4 Å². The molecule has 1 saturated carbocycles. The van der Waals surface area contributed by atoms with Crippen molar-refractivity contribution in [1.29, 1.82) is 0 Å². The van der Waals surface area contributed by atoms with Crippen LogP contribution in [-0.4, -0.2) is 34.4 Å². The summed E-state index contributed by atoms with van der Waals surface area (Å²) in [5, 5.41) is 3.12. The van der Waals surface area contributed by atoms with Gasteiger partial charge in [0, 0.05) is 12.2 Å². The number of carbonyl (C=O) groups excluding carboxylic acids is 1. The fourth-order valence-corrected chi connectivity index (χ4v) is 4.33. The van der Waals surface area contributed by atoms with Crippen LogP contribution < -0.4 is 10.1 Å². The minimum absolute atomic E-state index is 0.0282. The Hall–Kier alpha value is -2.40. The van der Waals surface area contributed by atoms with Gasteiger partial charge in [0.05, 0.1) is 17.9 Å². The maximum absolute atomic E-state index is 13.1. The summed E-state index contributed by atoms with van der Waals surface area (Å²) in [5.41, 5.74) is 0.710. The molecule has 1 aromatic heterocycles. The maximum Gasteiger partial charge on any atom is 0.241 e. The van der Waals surface area contributed by atoms with Gasteiger partial charge in [-0.2, -0.15) is 0 Å².